The minimum absolute atomic E-state index is 0.0270. The monoisotopic (exact) mass is 266 g/mol. The normalized spacial score (nSPS) is 18.8. The van der Waals surface area contributed by atoms with Crippen molar-refractivity contribution >= 4 is 7.82 Å². The Balaban J connectivity index is 2.34. The number of rotatable bonds is 7. The molecule has 0 unspecified atom stereocenters. The molecule has 1 aliphatic rings. The second-order valence-corrected chi connectivity index (χ2v) is 5.60. The molecule has 0 heterocycles. The standard InChI is InChI=1S/C10H21NO5P/c12-8-6-11(7-9-16-17(13,14)15)10-4-2-1-3-5-10/h10H,1-9H2,(H2,13,14,15). The lowest BCUT2D eigenvalue weighted by atomic mass is 9.94. The van der Waals surface area contributed by atoms with Gasteiger partial charge in [0, 0.05) is 19.1 Å². The van der Waals surface area contributed by atoms with E-state index in [0.29, 0.717) is 19.1 Å². The molecule has 1 aliphatic carbocycles. The summed E-state index contributed by atoms with van der Waals surface area (Å²) in [6.07, 6.45) is 5.70. The number of phosphoric acid groups is 1. The summed E-state index contributed by atoms with van der Waals surface area (Å²) in [7, 11) is -4.39. The predicted octanol–water partition coefficient (Wildman–Crippen LogP) is 1.16. The lowest BCUT2D eigenvalue weighted by Gasteiger charge is -2.33. The van der Waals surface area contributed by atoms with Crippen LogP contribution in [0.4, 0.5) is 0 Å². The van der Waals surface area contributed by atoms with Gasteiger partial charge in [-0.05, 0) is 12.8 Å². The third kappa shape index (κ3) is 6.50. The summed E-state index contributed by atoms with van der Waals surface area (Å²) in [5.74, 6) is 0. The van der Waals surface area contributed by atoms with Gasteiger partial charge >= 0.3 is 7.82 Å². The first kappa shape index (κ1) is 15.1. The van der Waals surface area contributed by atoms with Crippen LogP contribution in [0.25, 0.3) is 0 Å². The maximum Gasteiger partial charge on any atom is 0.469 e. The van der Waals surface area contributed by atoms with E-state index in [9.17, 15) is 9.67 Å². The number of hydrogen-bond acceptors (Lipinski definition) is 3. The van der Waals surface area contributed by atoms with Gasteiger partial charge in [0.05, 0.1) is 13.2 Å². The van der Waals surface area contributed by atoms with Gasteiger partial charge in [-0.25, -0.2) is 9.67 Å². The average Bonchev–Trinajstić information content (AvgIpc) is 2.27. The molecule has 0 aromatic heterocycles. The molecule has 0 aromatic carbocycles. The number of phosphoric ester groups is 1. The highest BCUT2D eigenvalue weighted by atomic mass is 31.2. The molecule has 101 valence electrons. The fourth-order valence-electron chi connectivity index (χ4n) is 2.32. The summed E-state index contributed by atoms with van der Waals surface area (Å²) in [5, 5.41) is 10.7. The van der Waals surface area contributed by atoms with E-state index in [2.05, 4.69) is 4.52 Å². The lowest BCUT2D eigenvalue weighted by Crippen LogP contribution is -2.40. The zero-order valence-electron chi connectivity index (χ0n) is 9.95. The molecule has 0 aromatic rings. The summed E-state index contributed by atoms with van der Waals surface area (Å²) in [6, 6.07) is 0.373. The Morgan fingerprint density at radius 1 is 1.18 bits per heavy atom. The van der Waals surface area contributed by atoms with E-state index in [0.717, 1.165) is 12.8 Å². The third-order valence-electron chi connectivity index (χ3n) is 3.11. The van der Waals surface area contributed by atoms with E-state index in [1.54, 1.807) is 0 Å². The quantitative estimate of drug-likeness (QED) is 0.675. The van der Waals surface area contributed by atoms with Gasteiger partial charge in [0.15, 0.2) is 0 Å². The first-order valence-electron chi connectivity index (χ1n) is 6.05. The van der Waals surface area contributed by atoms with E-state index in [1.165, 1.54) is 19.3 Å². The van der Waals surface area contributed by atoms with Crippen LogP contribution in [0.3, 0.4) is 0 Å². The van der Waals surface area contributed by atoms with Gasteiger partial charge in [-0.2, -0.15) is 0 Å². The summed E-state index contributed by atoms with van der Waals surface area (Å²) < 4.78 is 15.0. The van der Waals surface area contributed by atoms with Crippen LogP contribution in [0.1, 0.15) is 32.1 Å². The van der Waals surface area contributed by atoms with Crippen molar-refractivity contribution in [2.24, 2.45) is 0 Å². The SMILES string of the molecule is [O]CCN(CCOP(=O)(O)O)C1CCCCC1. The molecule has 0 bridgehead atoms. The lowest BCUT2D eigenvalue weighted by molar-refractivity contribution is 0.0781. The van der Waals surface area contributed by atoms with Crippen LogP contribution in [0.15, 0.2) is 0 Å². The van der Waals surface area contributed by atoms with Gasteiger partial charge in [-0.1, -0.05) is 19.3 Å². The molecule has 1 saturated carbocycles. The van der Waals surface area contributed by atoms with Crippen molar-refractivity contribution in [1.82, 2.24) is 4.90 Å². The smallest absolute Gasteiger partial charge is 0.303 e. The highest BCUT2D eigenvalue weighted by Crippen LogP contribution is 2.35. The second-order valence-electron chi connectivity index (χ2n) is 4.36. The molecule has 0 aliphatic heterocycles. The molecule has 7 heteroatoms. The van der Waals surface area contributed by atoms with E-state index in [4.69, 9.17) is 9.79 Å². The Labute approximate surface area is 102 Å². The van der Waals surface area contributed by atoms with E-state index in [1.807, 2.05) is 4.90 Å². The Morgan fingerprint density at radius 2 is 1.82 bits per heavy atom. The third-order valence-corrected chi connectivity index (χ3v) is 3.63. The van der Waals surface area contributed by atoms with Crippen molar-refractivity contribution < 1.29 is 24.0 Å². The molecule has 6 nitrogen and oxygen atoms in total. The van der Waals surface area contributed by atoms with Gasteiger partial charge < -0.3 is 9.79 Å². The van der Waals surface area contributed by atoms with Crippen molar-refractivity contribution in [2.45, 2.75) is 38.1 Å². The summed E-state index contributed by atoms with van der Waals surface area (Å²) in [4.78, 5) is 19.2. The molecule has 0 amide bonds. The molecule has 1 fully saturated rings. The van der Waals surface area contributed by atoms with Crippen molar-refractivity contribution in [3.63, 3.8) is 0 Å². The summed E-state index contributed by atoms with van der Waals surface area (Å²) >= 11 is 0. The van der Waals surface area contributed by atoms with Crippen LogP contribution in [0.2, 0.25) is 0 Å². The fraction of sp³-hybridized carbons (Fsp3) is 1.00. The van der Waals surface area contributed by atoms with Crippen LogP contribution in [-0.2, 0) is 14.2 Å². The molecule has 0 atom stereocenters. The Morgan fingerprint density at radius 3 is 2.35 bits per heavy atom. The highest BCUT2D eigenvalue weighted by molar-refractivity contribution is 7.46. The van der Waals surface area contributed by atoms with Gasteiger partial charge in [0.1, 0.15) is 0 Å². The summed E-state index contributed by atoms with van der Waals surface area (Å²) in [5.41, 5.74) is 0. The highest BCUT2D eigenvalue weighted by Gasteiger charge is 2.22. The van der Waals surface area contributed by atoms with Crippen molar-refractivity contribution in [3.8, 4) is 0 Å². The molecular formula is C10H21NO5P. The topological polar surface area (TPSA) is 89.9 Å². The Bertz CT molecular complexity index is 251. The van der Waals surface area contributed by atoms with E-state index < -0.39 is 7.82 Å². The fourth-order valence-corrected chi connectivity index (χ4v) is 2.64. The number of hydrogen-bond donors (Lipinski definition) is 2. The van der Waals surface area contributed by atoms with Crippen LogP contribution in [0.5, 0.6) is 0 Å². The summed E-state index contributed by atoms with van der Waals surface area (Å²) in [6.45, 7) is 0.625. The molecule has 0 spiro atoms. The van der Waals surface area contributed by atoms with Crippen LogP contribution >= 0.6 is 7.82 Å². The molecule has 1 radical (unpaired) electrons. The van der Waals surface area contributed by atoms with E-state index in [-0.39, 0.29) is 13.2 Å². The van der Waals surface area contributed by atoms with Gasteiger partial charge in [-0.15, -0.1) is 0 Å². The average molecular weight is 266 g/mol. The maximum atomic E-state index is 10.7. The molecule has 17 heavy (non-hydrogen) atoms. The van der Waals surface area contributed by atoms with Crippen molar-refractivity contribution in [1.29, 1.82) is 0 Å². The molecule has 0 saturated heterocycles. The zero-order chi connectivity index (χ0) is 12.7. The van der Waals surface area contributed by atoms with E-state index >= 15 is 0 Å². The minimum Gasteiger partial charge on any atom is -0.303 e. The van der Waals surface area contributed by atoms with Gasteiger partial charge in [0.25, 0.3) is 0 Å². The van der Waals surface area contributed by atoms with Crippen LogP contribution < -0.4 is 0 Å². The molecule has 2 N–H and O–H groups in total. The second kappa shape index (κ2) is 7.46. The maximum absolute atomic E-state index is 10.7. The van der Waals surface area contributed by atoms with Crippen LogP contribution in [0, 0.1) is 0 Å². The first-order chi connectivity index (χ1) is 8.03. The van der Waals surface area contributed by atoms with Gasteiger partial charge in [-0.3, -0.25) is 9.42 Å². The van der Waals surface area contributed by atoms with Crippen molar-refractivity contribution in [2.75, 3.05) is 26.3 Å². The molecular weight excluding hydrogens is 245 g/mol. The zero-order valence-corrected chi connectivity index (χ0v) is 10.8. The largest absolute Gasteiger partial charge is 0.469 e. The van der Waals surface area contributed by atoms with Crippen molar-refractivity contribution in [3.05, 3.63) is 0 Å². The van der Waals surface area contributed by atoms with Crippen LogP contribution in [-0.4, -0.2) is 47.0 Å². The Hall–Kier alpha value is 0.0300. The minimum atomic E-state index is -4.39. The first-order valence-corrected chi connectivity index (χ1v) is 7.58. The molecule has 1 rings (SSSR count). The Kier molecular flexibility index (Phi) is 6.62. The predicted molar refractivity (Wildman–Crippen MR) is 62.0 cm³/mol. The number of nitrogens with zero attached hydrogens (tertiary/aromatic N) is 1. The van der Waals surface area contributed by atoms with Gasteiger partial charge in [0.2, 0.25) is 0 Å².